The molecule has 0 saturated carbocycles. The van der Waals surface area contributed by atoms with E-state index in [0.29, 0.717) is 18.2 Å². The Morgan fingerprint density at radius 1 is 1.06 bits per heavy atom. The van der Waals surface area contributed by atoms with Gasteiger partial charge < -0.3 is 9.64 Å². The van der Waals surface area contributed by atoms with Gasteiger partial charge in [-0.3, -0.25) is 9.67 Å². The van der Waals surface area contributed by atoms with Crippen molar-refractivity contribution in [2.24, 2.45) is 0 Å². The normalized spacial score (nSPS) is 15.2. The zero-order valence-corrected chi connectivity index (χ0v) is 18.7. The lowest BCUT2D eigenvalue weighted by atomic mass is 10.0. The molecule has 0 bridgehead atoms. The van der Waals surface area contributed by atoms with Crippen LogP contribution in [0.15, 0.2) is 49.2 Å². The van der Waals surface area contributed by atoms with Crippen LogP contribution in [-0.2, 0) is 4.74 Å². The lowest BCUT2D eigenvalue weighted by Gasteiger charge is -2.33. The number of carbonyl (C=O) groups is 1. The highest BCUT2D eigenvalue weighted by molar-refractivity contribution is 6.29. The molecule has 0 unspecified atom stereocenters. The molecule has 0 radical (unpaired) electrons. The molecule has 1 fully saturated rings. The van der Waals surface area contributed by atoms with Gasteiger partial charge in [-0.1, -0.05) is 11.6 Å². The van der Waals surface area contributed by atoms with Gasteiger partial charge in [-0.15, -0.1) is 0 Å². The molecule has 7 nitrogen and oxygen atoms in total. The molecule has 31 heavy (non-hydrogen) atoms. The van der Waals surface area contributed by atoms with E-state index in [1.54, 1.807) is 11.1 Å². The Hall–Kier alpha value is -2.93. The summed E-state index contributed by atoms with van der Waals surface area (Å²) in [5, 5.41) is 5.04. The monoisotopic (exact) mass is 439 g/mol. The van der Waals surface area contributed by atoms with E-state index in [0.717, 1.165) is 35.1 Å². The van der Waals surface area contributed by atoms with Gasteiger partial charge >= 0.3 is 6.09 Å². The molecule has 1 aliphatic rings. The molecule has 0 N–H and O–H groups in total. The first kappa shape index (κ1) is 21.3. The minimum Gasteiger partial charge on any atom is -0.444 e. The Balaban J connectivity index is 1.44. The molecular weight excluding hydrogens is 414 g/mol. The number of amides is 1. The molecule has 1 saturated heterocycles. The molecule has 0 atom stereocenters. The molecule has 162 valence electrons. The SMILES string of the molecule is CC(C)(C)OC(=O)N1CCC(n2cc(-c3cncc(-c4ccnc(Cl)c4)c3)cn2)CC1. The Morgan fingerprint density at radius 3 is 2.45 bits per heavy atom. The molecule has 4 heterocycles. The zero-order chi connectivity index (χ0) is 22.0. The van der Waals surface area contributed by atoms with Gasteiger partial charge in [-0.25, -0.2) is 9.78 Å². The average molecular weight is 440 g/mol. The highest BCUT2D eigenvalue weighted by Gasteiger charge is 2.27. The van der Waals surface area contributed by atoms with Crippen LogP contribution in [0.3, 0.4) is 0 Å². The van der Waals surface area contributed by atoms with Crippen molar-refractivity contribution >= 4 is 17.7 Å². The molecule has 4 rings (SSSR count). The van der Waals surface area contributed by atoms with Crippen LogP contribution in [0.4, 0.5) is 4.79 Å². The number of halogens is 1. The quantitative estimate of drug-likeness (QED) is 0.522. The maximum atomic E-state index is 12.3. The van der Waals surface area contributed by atoms with E-state index >= 15 is 0 Å². The number of ether oxygens (including phenoxy) is 1. The van der Waals surface area contributed by atoms with Gasteiger partial charge in [-0.2, -0.15) is 5.10 Å². The van der Waals surface area contributed by atoms with Gasteiger partial charge in [0.15, 0.2) is 0 Å². The highest BCUT2D eigenvalue weighted by Crippen LogP contribution is 2.28. The number of carbonyl (C=O) groups excluding carboxylic acids is 1. The summed E-state index contributed by atoms with van der Waals surface area (Å²) in [5.41, 5.74) is 3.46. The molecule has 3 aromatic heterocycles. The van der Waals surface area contributed by atoms with E-state index in [1.165, 1.54) is 0 Å². The van der Waals surface area contributed by atoms with Crippen LogP contribution >= 0.6 is 11.6 Å². The fraction of sp³-hybridized carbons (Fsp3) is 0.391. The molecule has 0 aliphatic carbocycles. The van der Waals surface area contributed by atoms with Gasteiger partial charge in [0.25, 0.3) is 0 Å². The first-order chi connectivity index (χ1) is 14.8. The van der Waals surface area contributed by atoms with E-state index in [4.69, 9.17) is 16.3 Å². The summed E-state index contributed by atoms with van der Waals surface area (Å²) < 4.78 is 7.48. The van der Waals surface area contributed by atoms with Crippen LogP contribution in [0.2, 0.25) is 5.15 Å². The predicted molar refractivity (Wildman–Crippen MR) is 120 cm³/mol. The molecule has 8 heteroatoms. The van der Waals surface area contributed by atoms with Gasteiger partial charge in [-0.05, 0) is 57.4 Å². The summed E-state index contributed by atoms with van der Waals surface area (Å²) >= 11 is 6.02. The van der Waals surface area contributed by atoms with Crippen LogP contribution < -0.4 is 0 Å². The van der Waals surface area contributed by atoms with Crippen molar-refractivity contribution < 1.29 is 9.53 Å². The summed E-state index contributed by atoms with van der Waals surface area (Å²) in [7, 11) is 0. The zero-order valence-electron chi connectivity index (χ0n) is 18.0. The number of piperidine rings is 1. The first-order valence-electron chi connectivity index (χ1n) is 10.4. The third kappa shape index (κ3) is 5.22. The first-order valence-corrected chi connectivity index (χ1v) is 10.8. The summed E-state index contributed by atoms with van der Waals surface area (Å²) in [5.74, 6) is 0. The maximum absolute atomic E-state index is 12.3. The fourth-order valence-corrected chi connectivity index (χ4v) is 3.84. The third-order valence-corrected chi connectivity index (χ3v) is 5.43. The topological polar surface area (TPSA) is 73.1 Å². The van der Waals surface area contributed by atoms with Crippen LogP contribution in [0.5, 0.6) is 0 Å². The Bertz CT molecular complexity index is 1070. The lowest BCUT2D eigenvalue weighted by Crippen LogP contribution is -2.42. The number of hydrogen-bond acceptors (Lipinski definition) is 5. The Kier molecular flexibility index (Phi) is 5.96. The third-order valence-electron chi connectivity index (χ3n) is 5.22. The summed E-state index contributed by atoms with van der Waals surface area (Å²) in [6, 6.07) is 6.06. The summed E-state index contributed by atoms with van der Waals surface area (Å²) in [6.45, 7) is 6.98. The van der Waals surface area contributed by atoms with E-state index in [9.17, 15) is 4.79 Å². The minimum absolute atomic E-state index is 0.244. The molecular formula is C23H26ClN5O2. The molecule has 0 aromatic carbocycles. The largest absolute Gasteiger partial charge is 0.444 e. The van der Waals surface area contributed by atoms with E-state index < -0.39 is 5.60 Å². The Morgan fingerprint density at radius 2 is 1.77 bits per heavy atom. The van der Waals surface area contributed by atoms with Crippen molar-refractivity contribution in [3.05, 3.63) is 54.3 Å². The number of nitrogens with zero attached hydrogens (tertiary/aromatic N) is 5. The van der Waals surface area contributed by atoms with Gasteiger partial charge in [0.1, 0.15) is 10.8 Å². The number of aromatic nitrogens is 4. The molecule has 1 aliphatic heterocycles. The number of hydrogen-bond donors (Lipinski definition) is 0. The average Bonchev–Trinajstić information content (AvgIpc) is 3.23. The second-order valence-corrected chi connectivity index (χ2v) is 9.12. The standard InChI is InChI=1S/C23H26ClN5O2/c1-23(2,3)31-22(30)28-8-5-20(6-9-28)29-15-19(14-27-29)18-10-17(12-25-13-18)16-4-7-26-21(24)11-16/h4,7,10-15,20H,5-6,8-9H2,1-3H3. The maximum Gasteiger partial charge on any atom is 0.410 e. The van der Waals surface area contributed by atoms with Crippen molar-refractivity contribution in [3.63, 3.8) is 0 Å². The van der Waals surface area contributed by atoms with E-state index in [2.05, 4.69) is 21.1 Å². The van der Waals surface area contributed by atoms with Crippen molar-refractivity contribution in [3.8, 4) is 22.3 Å². The van der Waals surface area contributed by atoms with Crippen LogP contribution in [0, 0.1) is 0 Å². The Labute approximate surface area is 187 Å². The van der Waals surface area contributed by atoms with Crippen LogP contribution in [-0.4, -0.2) is 49.4 Å². The van der Waals surface area contributed by atoms with Crippen LogP contribution in [0.1, 0.15) is 39.7 Å². The number of rotatable bonds is 3. The summed E-state index contributed by atoms with van der Waals surface area (Å²) in [4.78, 5) is 22.5. The number of likely N-dealkylation sites (tertiary alicyclic amines) is 1. The summed E-state index contributed by atoms with van der Waals surface area (Å²) in [6.07, 6.45) is 10.7. The minimum atomic E-state index is -0.477. The van der Waals surface area contributed by atoms with Crippen molar-refractivity contribution in [1.29, 1.82) is 0 Å². The molecule has 0 spiro atoms. The lowest BCUT2D eigenvalue weighted by molar-refractivity contribution is 0.0185. The smallest absolute Gasteiger partial charge is 0.410 e. The van der Waals surface area contributed by atoms with Crippen molar-refractivity contribution in [2.75, 3.05) is 13.1 Å². The van der Waals surface area contributed by atoms with Gasteiger partial charge in [0.05, 0.1) is 12.2 Å². The predicted octanol–water partition coefficient (Wildman–Crippen LogP) is 5.23. The second kappa shape index (κ2) is 8.67. The highest BCUT2D eigenvalue weighted by atomic mass is 35.5. The van der Waals surface area contributed by atoms with Crippen molar-refractivity contribution in [2.45, 2.75) is 45.3 Å². The molecule has 3 aromatic rings. The molecule has 1 amide bonds. The van der Waals surface area contributed by atoms with Gasteiger partial charge in [0, 0.05) is 54.6 Å². The van der Waals surface area contributed by atoms with Crippen LogP contribution in [0.25, 0.3) is 22.3 Å². The fourth-order valence-electron chi connectivity index (χ4n) is 3.66. The van der Waals surface area contributed by atoms with E-state index in [1.807, 2.05) is 62.4 Å². The number of pyridine rings is 2. The van der Waals surface area contributed by atoms with Crippen molar-refractivity contribution in [1.82, 2.24) is 24.6 Å². The second-order valence-electron chi connectivity index (χ2n) is 8.74. The van der Waals surface area contributed by atoms with E-state index in [-0.39, 0.29) is 12.1 Å². The van der Waals surface area contributed by atoms with Gasteiger partial charge in [0.2, 0.25) is 0 Å².